The van der Waals surface area contributed by atoms with Gasteiger partial charge in [0.15, 0.2) is 0 Å². The number of benzene rings is 3. The average molecular weight is 487 g/mol. The molecule has 0 atom stereocenters. The summed E-state index contributed by atoms with van der Waals surface area (Å²) in [5.74, 6) is 0.862. The van der Waals surface area contributed by atoms with Crippen LogP contribution in [0.25, 0.3) is 22.1 Å². The maximum absolute atomic E-state index is 11.0. The highest BCUT2D eigenvalue weighted by molar-refractivity contribution is 5.96. The Morgan fingerprint density at radius 2 is 1.61 bits per heavy atom. The lowest BCUT2D eigenvalue weighted by atomic mass is 10.0. The molecule has 1 N–H and O–H groups in total. The zero-order valence-electron chi connectivity index (χ0n) is 21.1. The molecule has 0 aliphatic carbocycles. The molecule has 188 valence electrons. The number of hydrogen-bond acceptors (Lipinski definition) is 4. The number of hydrogen-bond donors (Lipinski definition) is 1. The summed E-state index contributed by atoms with van der Waals surface area (Å²) >= 11 is 0. The van der Waals surface area contributed by atoms with Gasteiger partial charge in [-0.15, -0.1) is 0 Å². The smallest absolute Gasteiger partial charge is 0.307 e. The van der Waals surface area contributed by atoms with E-state index in [2.05, 4.69) is 38.1 Å². The SMILES string of the molecule is CCCc1cc(CC(=O)O)ccc1OCCCOc1ccc2c(-c3ccccc3)coc2c1CCC. The molecule has 4 rings (SSSR count). The molecule has 0 aliphatic rings. The fourth-order valence-corrected chi connectivity index (χ4v) is 4.55. The number of carboxylic acids is 1. The summed E-state index contributed by atoms with van der Waals surface area (Å²) in [4.78, 5) is 11.0. The summed E-state index contributed by atoms with van der Waals surface area (Å²) in [6, 6.07) is 20.1. The summed E-state index contributed by atoms with van der Waals surface area (Å²) < 4.78 is 18.3. The lowest BCUT2D eigenvalue weighted by Gasteiger charge is -2.14. The Morgan fingerprint density at radius 3 is 2.33 bits per heavy atom. The highest BCUT2D eigenvalue weighted by Gasteiger charge is 2.16. The van der Waals surface area contributed by atoms with E-state index in [4.69, 9.17) is 19.0 Å². The normalized spacial score (nSPS) is 11.1. The molecule has 0 bridgehead atoms. The molecule has 0 unspecified atom stereocenters. The van der Waals surface area contributed by atoms with Crippen molar-refractivity contribution in [1.82, 2.24) is 0 Å². The van der Waals surface area contributed by atoms with Crippen molar-refractivity contribution in [3.63, 3.8) is 0 Å². The van der Waals surface area contributed by atoms with E-state index in [0.29, 0.717) is 13.2 Å². The van der Waals surface area contributed by atoms with Gasteiger partial charge < -0.3 is 19.0 Å². The van der Waals surface area contributed by atoms with Gasteiger partial charge in [0.25, 0.3) is 0 Å². The quantitative estimate of drug-likeness (QED) is 0.198. The zero-order chi connectivity index (χ0) is 25.3. The minimum Gasteiger partial charge on any atom is -0.493 e. The molecule has 5 nitrogen and oxygen atoms in total. The molecular weight excluding hydrogens is 452 g/mol. The van der Waals surface area contributed by atoms with Crippen LogP contribution in [0.1, 0.15) is 49.8 Å². The fraction of sp³-hybridized carbons (Fsp3) is 0.323. The van der Waals surface area contributed by atoms with E-state index in [-0.39, 0.29) is 6.42 Å². The third-order valence-corrected chi connectivity index (χ3v) is 6.19. The molecule has 1 heterocycles. The lowest BCUT2D eigenvalue weighted by Crippen LogP contribution is -2.08. The van der Waals surface area contributed by atoms with Crippen LogP contribution in [0.15, 0.2) is 71.3 Å². The maximum Gasteiger partial charge on any atom is 0.307 e. The van der Waals surface area contributed by atoms with E-state index in [0.717, 1.165) is 82.4 Å². The number of aryl methyl sites for hydroxylation is 2. The number of aliphatic carboxylic acids is 1. The minimum atomic E-state index is -0.824. The number of carboxylic acid groups (broad SMARTS) is 1. The molecule has 0 aliphatic heterocycles. The number of furan rings is 1. The maximum atomic E-state index is 11.0. The summed E-state index contributed by atoms with van der Waals surface area (Å²) in [6.07, 6.45) is 6.31. The van der Waals surface area contributed by atoms with Crippen LogP contribution >= 0.6 is 0 Å². The summed E-state index contributed by atoms with van der Waals surface area (Å²) in [6.45, 7) is 5.33. The molecule has 36 heavy (non-hydrogen) atoms. The van der Waals surface area contributed by atoms with Gasteiger partial charge in [0.2, 0.25) is 0 Å². The Morgan fingerprint density at radius 1 is 0.889 bits per heavy atom. The van der Waals surface area contributed by atoms with E-state index in [1.54, 1.807) is 0 Å². The third-order valence-electron chi connectivity index (χ3n) is 6.19. The number of fused-ring (bicyclic) bond motifs is 1. The van der Waals surface area contributed by atoms with Gasteiger partial charge in [0.05, 0.1) is 25.9 Å². The summed E-state index contributed by atoms with van der Waals surface area (Å²) in [5.41, 5.74) is 6.10. The third kappa shape index (κ3) is 6.09. The highest BCUT2D eigenvalue weighted by Crippen LogP contribution is 2.37. The molecule has 0 saturated heterocycles. The molecule has 3 aromatic carbocycles. The van der Waals surface area contributed by atoms with Gasteiger partial charge in [0, 0.05) is 22.9 Å². The van der Waals surface area contributed by atoms with Crippen LogP contribution in [0.2, 0.25) is 0 Å². The van der Waals surface area contributed by atoms with Crippen molar-refractivity contribution < 1.29 is 23.8 Å². The molecule has 0 saturated carbocycles. The molecule has 5 heteroatoms. The van der Waals surface area contributed by atoms with Crippen molar-refractivity contribution in [2.75, 3.05) is 13.2 Å². The van der Waals surface area contributed by atoms with Crippen molar-refractivity contribution in [2.24, 2.45) is 0 Å². The number of carbonyl (C=O) groups is 1. The molecule has 0 fully saturated rings. The molecule has 4 aromatic rings. The standard InChI is InChI=1S/C31H34O5/c1-3-9-24-19-22(20-30(32)33)13-15-28(24)34-17-8-18-35-29-16-14-25-27(23-11-6-5-7-12-23)21-36-31(25)26(29)10-4-2/h5-7,11-16,19,21H,3-4,8-10,17-18,20H2,1-2H3,(H,32,33). The minimum absolute atomic E-state index is 0.0256. The molecule has 0 spiro atoms. The molecule has 0 amide bonds. The van der Waals surface area contributed by atoms with Gasteiger partial charge in [-0.2, -0.15) is 0 Å². The first-order valence-corrected chi connectivity index (χ1v) is 12.8. The van der Waals surface area contributed by atoms with Gasteiger partial charge in [-0.1, -0.05) is 69.2 Å². The van der Waals surface area contributed by atoms with Crippen LogP contribution in [0.5, 0.6) is 11.5 Å². The number of ether oxygens (including phenoxy) is 2. The van der Waals surface area contributed by atoms with Crippen LogP contribution in [-0.4, -0.2) is 24.3 Å². The highest BCUT2D eigenvalue weighted by atomic mass is 16.5. The van der Waals surface area contributed by atoms with Crippen molar-refractivity contribution in [3.8, 4) is 22.6 Å². The van der Waals surface area contributed by atoms with Gasteiger partial charge in [-0.05, 0) is 47.7 Å². The van der Waals surface area contributed by atoms with Crippen molar-refractivity contribution in [1.29, 1.82) is 0 Å². The van der Waals surface area contributed by atoms with Gasteiger partial charge in [-0.25, -0.2) is 0 Å². The van der Waals surface area contributed by atoms with Gasteiger partial charge in [-0.3, -0.25) is 4.79 Å². The Kier molecular flexibility index (Phi) is 8.66. The van der Waals surface area contributed by atoms with Crippen LogP contribution < -0.4 is 9.47 Å². The van der Waals surface area contributed by atoms with E-state index >= 15 is 0 Å². The largest absolute Gasteiger partial charge is 0.493 e. The van der Waals surface area contributed by atoms with Crippen molar-refractivity contribution in [3.05, 3.63) is 83.6 Å². The summed E-state index contributed by atoms with van der Waals surface area (Å²) in [7, 11) is 0. The van der Waals surface area contributed by atoms with E-state index in [1.165, 1.54) is 0 Å². The van der Waals surface area contributed by atoms with Crippen LogP contribution in [0, 0.1) is 0 Å². The van der Waals surface area contributed by atoms with E-state index in [1.807, 2.05) is 42.7 Å². The van der Waals surface area contributed by atoms with Crippen LogP contribution in [-0.2, 0) is 24.1 Å². The van der Waals surface area contributed by atoms with E-state index in [9.17, 15) is 4.79 Å². The first-order chi connectivity index (χ1) is 17.6. The van der Waals surface area contributed by atoms with Crippen LogP contribution in [0.4, 0.5) is 0 Å². The lowest BCUT2D eigenvalue weighted by molar-refractivity contribution is -0.136. The summed E-state index contributed by atoms with van der Waals surface area (Å²) in [5, 5.41) is 10.2. The van der Waals surface area contributed by atoms with Crippen LogP contribution in [0.3, 0.4) is 0 Å². The number of rotatable bonds is 13. The zero-order valence-corrected chi connectivity index (χ0v) is 21.1. The van der Waals surface area contributed by atoms with Gasteiger partial charge in [0.1, 0.15) is 17.1 Å². The Hall–Kier alpha value is -3.73. The van der Waals surface area contributed by atoms with Gasteiger partial charge >= 0.3 is 5.97 Å². The monoisotopic (exact) mass is 486 g/mol. The second-order valence-electron chi connectivity index (χ2n) is 9.00. The fourth-order valence-electron chi connectivity index (χ4n) is 4.55. The van der Waals surface area contributed by atoms with E-state index < -0.39 is 5.97 Å². The first-order valence-electron chi connectivity index (χ1n) is 12.8. The Labute approximate surface area is 212 Å². The average Bonchev–Trinajstić information content (AvgIpc) is 3.31. The molecule has 0 radical (unpaired) electrons. The second kappa shape index (κ2) is 12.3. The predicted octanol–water partition coefficient (Wildman–Crippen LogP) is 7.48. The Bertz CT molecular complexity index is 1290. The topological polar surface area (TPSA) is 68.9 Å². The Balaban J connectivity index is 1.40. The molecular formula is C31H34O5. The predicted molar refractivity (Wildman–Crippen MR) is 143 cm³/mol. The van der Waals surface area contributed by atoms with Crippen molar-refractivity contribution in [2.45, 2.75) is 52.4 Å². The van der Waals surface area contributed by atoms with Crippen molar-refractivity contribution >= 4 is 16.9 Å². The second-order valence-corrected chi connectivity index (χ2v) is 9.00. The first kappa shape index (κ1) is 25.4. The molecule has 1 aromatic heterocycles.